The molecule has 3 heterocycles. The van der Waals surface area contributed by atoms with Crippen molar-refractivity contribution in [2.75, 3.05) is 31.9 Å². The molecule has 1 aliphatic carbocycles. The number of nitrogens with two attached hydrogens (primary N) is 1. The number of hydrogen-bond acceptors (Lipinski definition) is 6. The second kappa shape index (κ2) is 11.5. The van der Waals surface area contributed by atoms with Crippen LogP contribution in [0.1, 0.15) is 43.7 Å². The summed E-state index contributed by atoms with van der Waals surface area (Å²) in [6.07, 6.45) is 9.36. The molecular formula is C31H36N6O2. The number of carbonyl (C=O) groups excluding carboxylic acids is 1. The highest BCUT2D eigenvalue weighted by atomic mass is 16.5. The van der Waals surface area contributed by atoms with Crippen molar-refractivity contribution in [3.05, 3.63) is 72.7 Å². The second-order valence-electron chi connectivity index (χ2n) is 10.8. The SMILES string of the molecule is Nc1ncnc2c1c(-c1cccc(OCc3ccccc3)c1)cn2[C@H]1C[C@H](CNC(=O)CN2CCCCC2)C1. The van der Waals surface area contributed by atoms with Crippen LogP contribution in [0.15, 0.2) is 67.1 Å². The second-order valence-corrected chi connectivity index (χ2v) is 10.8. The first-order valence-corrected chi connectivity index (χ1v) is 14.0. The molecular weight excluding hydrogens is 488 g/mol. The molecule has 0 radical (unpaired) electrons. The number of amides is 1. The van der Waals surface area contributed by atoms with Crippen molar-refractivity contribution in [1.29, 1.82) is 0 Å². The van der Waals surface area contributed by atoms with Gasteiger partial charge in [-0.15, -0.1) is 0 Å². The Hall–Kier alpha value is -3.91. The normalized spacial score (nSPS) is 19.5. The van der Waals surface area contributed by atoms with Gasteiger partial charge < -0.3 is 20.4 Å². The van der Waals surface area contributed by atoms with Gasteiger partial charge in [0.2, 0.25) is 5.91 Å². The van der Waals surface area contributed by atoms with E-state index in [1.165, 1.54) is 25.6 Å². The highest BCUT2D eigenvalue weighted by Crippen LogP contribution is 2.43. The summed E-state index contributed by atoms with van der Waals surface area (Å²) >= 11 is 0. The lowest BCUT2D eigenvalue weighted by molar-refractivity contribution is -0.122. The summed E-state index contributed by atoms with van der Waals surface area (Å²) in [4.78, 5) is 23.6. The summed E-state index contributed by atoms with van der Waals surface area (Å²) in [5.74, 6) is 1.89. The molecule has 0 atom stereocenters. The van der Waals surface area contributed by atoms with Crippen LogP contribution in [0.2, 0.25) is 0 Å². The molecule has 2 aromatic heterocycles. The number of rotatable bonds is 9. The molecule has 3 N–H and O–H groups in total. The fraction of sp³-hybridized carbons (Fsp3) is 0.387. The summed E-state index contributed by atoms with van der Waals surface area (Å²) in [5, 5.41) is 4.03. The lowest BCUT2D eigenvalue weighted by Gasteiger charge is -2.37. The van der Waals surface area contributed by atoms with Crippen LogP contribution in [0.4, 0.5) is 5.82 Å². The van der Waals surface area contributed by atoms with Crippen molar-refractivity contribution in [3.63, 3.8) is 0 Å². The van der Waals surface area contributed by atoms with E-state index in [4.69, 9.17) is 10.5 Å². The Kier molecular flexibility index (Phi) is 7.45. The summed E-state index contributed by atoms with van der Waals surface area (Å²) < 4.78 is 8.33. The number of nitrogen functional groups attached to an aromatic ring is 1. The van der Waals surface area contributed by atoms with E-state index in [9.17, 15) is 4.79 Å². The van der Waals surface area contributed by atoms with Gasteiger partial charge in [0.15, 0.2) is 0 Å². The van der Waals surface area contributed by atoms with E-state index in [1.807, 2.05) is 30.3 Å². The predicted molar refractivity (Wildman–Crippen MR) is 153 cm³/mol. The number of aromatic nitrogens is 3. The number of piperidine rings is 1. The summed E-state index contributed by atoms with van der Waals surface area (Å²) in [5.41, 5.74) is 10.4. The van der Waals surface area contributed by atoms with Crippen LogP contribution in [0.3, 0.4) is 0 Å². The van der Waals surface area contributed by atoms with Crippen molar-refractivity contribution in [1.82, 2.24) is 24.8 Å². The van der Waals surface area contributed by atoms with E-state index in [2.05, 4.69) is 55.2 Å². The number of likely N-dealkylation sites (tertiary alicyclic amines) is 1. The highest BCUT2D eigenvalue weighted by molar-refractivity contribution is 6.00. The molecule has 2 aliphatic rings. The van der Waals surface area contributed by atoms with Crippen LogP contribution in [0.25, 0.3) is 22.2 Å². The Morgan fingerprint density at radius 2 is 1.85 bits per heavy atom. The lowest BCUT2D eigenvalue weighted by atomic mass is 9.80. The number of benzene rings is 2. The van der Waals surface area contributed by atoms with Crippen molar-refractivity contribution in [3.8, 4) is 16.9 Å². The van der Waals surface area contributed by atoms with Gasteiger partial charge in [0.05, 0.1) is 11.9 Å². The van der Waals surface area contributed by atoms with Crippen LogP contribution in [0.5, 0.6) is 5.75 Å². The Labute approximate surface area is 229 Å². The quantitative estimate of drug-likeness (QED) is 0.326. The van der Waals surface area contributed by atoms with E-state index in [0.29, 0.717) is 30.9 Å². The lowest BCUT2D eigenvalue weighted by Crippen LogP contribution is -2.43. The molecule has 1 saturated carbocycles. The predicted octanol–water partition coefficient (Wildman–Crippen LogP) is 4.81. The maximum atomic E-state index is 12.4. The third kappa shape index (κ3) is 5.76. The zero-order valence-corrected chi connectivity index (χ0v) is 22.3. The molecule has 39 heavy (non-hydrogen) atoms. The minimum atomic E-state index is 0.143. The first kappa shape index (κ1) is 25.4. The van der Waals surface area contributed by atoms with Crippen LogP contribution < -0.4 is 15.8 Å². The average molecular weight is 525 g/mol. The number of ether oxygens (including phenoxy) is 1. The first-order valence-electron chi connectivity index (χ1n) is 14.0. The number of nitrogens with one attached hydrogen (secondary N) is 1. The maximum Gasteiger partial charge on any atom is 0.234 e. The number of fused-ring (bicyclic) bond motifs is 1. The van der Waals surface area contributed by atoms with Crippen LogP contribution >= 0.6 is 0 Å². The largest absolute Gasteiger partial charge is 0.489 e. The molecule has 202 valence electrons. The number of nitrogens with zero attached hydrogens (tertiary/aromatic N) is 4. The molecule has 1 saturated heterocycles. The number of carbonyl (C=O) groups is 1. The zero-order valence-electron chi connectivity index (χ0n) is 22.3. The van der Waals surface area contributed by atoms with Gasteiger partial charge in [-0.1, -0.05) is 48.9 Å². The summed E-state index contributed by atoms with van der Waals surface area (Å²) in [6.45, 7) is 3.83. The Morgan fingerprint density at radius 1 is 1.03 bits per heavy atom. The Balaban J connectivity index is 1.13. The Morgan fingerprint density at radius 3 is 2.67 bits per heavy atom. The average Bonchev–Trinajstić information content (AvgIpc) is 3.33. The van der Waals surface area contributed by atoms with Crippen molar-refractivity contribution in [2.24, 2.45) is 5.92 Å². The van der Waals surface area contributed by atoms with Crippen molar-refractivity contribution >= 4 is 22.8 Å². The molecule has 2 fully saturated rings. The van der Waals surface area contributed by atoms with Crippen LogP contribution in [0, 0.1) is 5.92 Å². The van der Waals surface area contributed by atoms with Gasteiger partial charge in [-0.25, -0.2) is 9.97 Å². The third-order valence-electron chi connectivity index (χ3n) is 8.04. The smallest absolute Gasteiger partial charge is 0.234 e. The first-order chi connectivity index (χ1) is 19.1. The van der Waals surface area contributed by atoms with E-state index in [-0.39, 0.29) is 5.91 Å². The molecule has 8 heteroatoms. The molecule has 4 aromatic rings. The van der Waals surface area contributed by atoms with Gasteiger partial charge in [-0.3, -0.25) is 9.69 Å². The maximum absolute atomic E-state index is 12.4. The van der Waals surface area contributed by atoms with Gasteiger partial charge in [0.25, 0.3) is 0 Å². The van der Waals surface area contributed by atoms with Gasteiger partial charge in [-0.05, 0) is 68.0 Å². The molecule has 0 spiro atoms. The zero-order chi connectivity index (χ0) is 26.6. The molecule has 0 unspecified atom stereocenters. The van der Waals surface area contributed by atoms with Gasteiger partial charge in [0, 0.05) is 24.3 Å². The standard InChI is InChI=1S/C31H36N6O2/c32-30-29-27(24-10-7-11-26(16-24)39-20-22-8-3-1-4-9-22)18-37(31(29)35-21-34-30)25-14-23(15-25)17-33-28(38)19-36-12-5-2-6-13-36/h1,3-4,7-11,16,18,21,23,25H,2,5-6,12-15,17,19-20H2,(H,33,38)(H2,32,34,35)/t23-,25-. The fourth-order valence-corrected chi connectivity index (χ4v) is 5.83. The minimum absolute atomic E-state index is 0.143. The molecule has 6 rings (SSSR count). The topological polar surface area (TPSA) is 98.3 Å². The van der Waals surface area contributed by atoms with Crippen LogP contribution in [-0.2, 0) is 11.4 Å². The van der Waals surface area contributed by atoms with E-state index in [1.54, 1.807) is 0 Å². The minimum Gasteiger partial charge on any atom is -0.489 e. The molecule has 8 nitrogen and oxygen atoms in total. The van der Waals surface area contributed by atoms with Gasteiger partial charge in [-0.2, -0.15) is 0 Å². The third-order valence-corrected chi connectivity index (χ3v) is 8.04. The van der Waals surface area contributed by atoms with Crippen LogP contribution in [-0.4, -0.2) is 51.5 Å². The Bertz CT molecular complexity index is 1420. The van der Waals surface area contributed by atoms with Gasteiger partial charge in [0.1, 0.15) is 30.1 Å². The summed E-state index contributed by atoms with van der Waals surface area (Å²) in [6, 6.07) is 18.6. The molecule has 2 aromatic carbocycles. The fourth-order valence-electron chi connectivity index (χ4n) is 5.83. The molecule has 1 aliphatic heterocycles. The molecule has 1 amide bonds. The van der Waals surface area contributed by atoms with E-state index in [0.717, 1.165) is 65.9 Å². The number of hydrogen-bond donors (Lipinski definition) is 2. The van der Waals surface area contributed by atoms with Crippen molar-refractivity contribution in [2.45, 2.75) is 44.8 Å². The van der Waals surface area contributed by atoms with E-state index < -0.39 is 0 Å². The molecule has 0 bridgehead atoms. The summed E-state index contributed by atoms with van der Waals surface area (Å²) in [7, 11) is 0. The van der Waals surface area contributed by atoms with E-state index >= 15 is 0 Å². The monoisotopic (exact) mass is 524 g/mol. The highest BCUT2D eigenvalue weighted by Gasteiger charge is 2.33. The van der Waals surface area contributed by atoms with Crippen molar-refractivity contribution < 1.29 is 9.53 Å². The number of anilines is 1. The van der Waals surface area contributed by atoms with Gasteiger partial charge >= 0.3 is 0 Å².